The molecule has 3 nitrogen and oxygen atoms in total. The summed E-state index contributed by atoms with van der Waals surface area (Å²) in [7, 11) is 1.79. The fraction of sp³-hybridized carbons (Fsp3) is 0.429. The summed E-state index contributed by atoms with van der Waals surface area (Å²) in [6.07, 6.45) is 0. The number of carbonyl (C=O) groups excluding carboxylic acids is 1. The van der Waals surface area contributed by atoms with Crippen molar-refractivity contribution in [1.82, 2.24) is 4.90 Å². The van der Waals surface area contributed by atoms with Gasteiger partial charge >= 0.3 is 0 Å². The van der Waals surface area contributed by atoms with E-state index in [-0.39, 0.29) is 17.7 Å². The molecule has 0 bridgehead atoms. The van der Waals surface area contributed by atoms with Gasteiger partial charge in [0.05, 0.1) is 10.9 Å². The summed E-state index contributed by atoms with van der Waals surface area (Å²) in [4.78, 5) is 14.4. The molecule has 98 valence electrons. The van der Waals surface area contributed by atoms with Crippen molar-refractivity contribution in [2.24, 2.45) is 11.7 Å². The first-order chi connectivity index (χ1) is 8.43. The van der Waals surface area contributed by atoms with Crippen LogP contribution in [0.25, 0.3) is 0 Å². The van der Waals surface area contributed by atoms with Crippen molar-refractivity contribution >= 4 is 23.1 Å². The fourth-order valence-electron chi connectivity index (χ4n) is 1.81. The van der Waals surface area contributed by atoms with E-state index in [1.807, 2.05) is 44.2 Å². The third-order valence-corrected chi connectivity index (χ3v) is 3.48. The van der Waals surface area contributed by atoms with Crippen molar-refractivity contribution in [3.05, 3.63) is 35.9 Å². The second kappa shape index (κ2) is 6.50. The molecule has 0 saturated carbocycles. The molecule has 0 saturated heterocycles. The molecule has 2 unspecified atom stereocenters. The van der Waals surface area contributed by atoms with Crippen LogP contribution in [-0.4, -0.2) is 29.4 Å². The number of nitrogens with zero attached hydrogens (tertiary/aromatic N) is 1. The van der Waals surface area contributed by atoms with E-state index in [9.17, 15) is 4.79 Å². The number of carbonyl (C=O) groups is 1. The smallest absolute Gasteiger partial charge is 0.229 e. The Morgan fingerprint density at radius 3 is 2.39 bits per heavy atom. The average molecular weight is 264 g/mol. The van der Waals surface area contributed by atoms with E-state index in [0.717, 1.165) is 5.56 Å². The van der Waals surface area contributed by atoms with Gasteiger partial charge in [0.15, 0.2) is 0 Å². The van der Waals surface area contributed by atoms with Gasteiger partial charge in [-0.3, -0.25) is 4.79 Å². The SMILES string of the molecule is CC(CN(C)C(=O)C(C)c1ccccc1)C(N)=S. The molecule has 0 aliphatic carbocycles. The Bertz CT molecular complexity index is 419. The Labute approximate surface area is 114 Å². The summed E-state index contributed by atoms with van der Waals surface area (Å²) in [6.45, 7) is 4.41. The molecule has 0 radical (unpaired) electrons. The van der Waals surface area contributed by atoms with Crippen LogP contribution in [0.4, 0.5) is 0 Å². The van der Waals surface area contributed by atoms with Crippen molar-refractivity contribution < 1.29 is 4.79 Å². The molecule has 0 aromatic heterocycles. The number of nitrogens with two attached hydrogens (primary N) is 1. The Balaban J connectivity index is 2.67. The summed E-state index contributed by atoms with van der Waals surface area (Å²) in [5.74, 6) is -0.0176. The number of likely N-dealkylation sites (N-methyl/N-ethyl adjacent to an activating group) is 1. The summed E-state index contributed by atoms with van der Waals surface area (Å²) in [6, 6.07) is 9.76. The summed E-state index contributed by atoms with van der Waals surface area (Å²) >= 11 is 4.92. The predicted octanol–water partition coefficient (Wildman–Crippen LogP) is 2.17. The monoisotopic (exact) mass is 264 g/mol. The lowest BCUT2D eigenvalue weighted by atomic mass is 9.99. The second-order valence-corrected chi connectivity index (χ2v) is 5.13. The highest BCUT2D eigenvalue weighted by molar-refractivity contribution is 7.80. The second-order valence-electron chi connectivity index (χ2n) is 4.65. The Kier molecular flexibility index (Phi) is 5.28. The molecule has 0 fully saturated rings. The van der Waals surface area contributed by atoms with Gasteiger partial charge in [-0.15, -0.1) is 0 Å². The van der Waals surface area contributed by atoms with Crippen LogP contribution in [0.3, 0.4) is 0 Å². The minimum Gasteiger partial charge on any atom is -0.393 e. The van der Waals surface area contributed by atoms with E-state index in [4.69, 9.17) is 18.0 Å². The van der Waals surface area contributed by atoms with Gasteiger partial charge in [-0.1, -0.05) is 49.5 Å². The third kappa shape index (κ3) is 3.81. The maximum Gasteiger partial charge on any atom is 0.229 e. The molecule has 1 aromatic carbocycles. The zero-order chi connectivity index (χ0) is 13.7. The highest BCUT2D eigenvalue weighted by Gasteiger charge is 2.20. The van der Waals surface area contributed by atoms with Gasteiger partial charge in [0.2, 0.25) is 5.91 Å². The molecular formula is C14H20N2OS. The topological polar surface area (TPSA) is 46.3 Å². The molecule has 4 heteroatoms. The first-order valence-electron chi connectivity index (χ1n) is 6.02. The fourth-order valence-corrected chi connectivity index (χ4v) is 1.88. The molecule has 0 spiro atoms. The van der Waals surface area contributed by atoms with Crippen LogP contribution in [0.5, 0.6) is 0 Å². The average Bonchev–Trinajstić information content (AvgIpc) is 2.37. The number of hydrogen-bond acceptors (Lipinski definition) is 2. The lowest BCUT2D eigenvalue weighted by Crippen LogP contribution is -2.37. The number of benzene rings is 1. The van der Waals surface area contributed by atoms with E-state index in [1.165, 1.54) is 0 Å². The van der Waals surface area contributed by atoms with Crippen molar-refractivity contribution in [2.75, 3.05) is 13.6 Å². The Hall–Kier alpha value is -1.42. The number of rotatable bonds is 5. The molecule has 18 heavy (non-hydrogen) atoms. The lowest BCUT2D eigenvalue weighted by molar-refractivity contribution is -0.131. The van der Waals surface area contributed by atoms with E-state index in [0.29, 0.717) is 11.5 Å². The highest BCUT2D eigenvalue weighted by atomic mass is 32.1. The van der Waals surface area contributed by atoms with Crippen molar-refractivity contribution in [1.29, 1.82) is 0 Å². The molecule has 1 rings (SSSR count). The Morgan fingerprint density at radius 1 is 1.33 bits per heavy atom. The largest absolute Gasteiger partial charge is 0.393 e. The van der Waals surface area contributed by atoms with Gasteiger partial charge in [-0.2, -0.15) is 0 Å². The van der Waals surface area contributed by atoms with E-state index in [2.05, 4.69) is 0 Å². The molecule has 0 aliphatic rings. The molecule has 0 heterocycles. The minimum atomic E-state index is -0.144. The van der Waals surface area contributed by atoms with Gasteiger partial charge in [0, 0.05) is 19.5 Å². The van der Waals surface area contributed by atoms with Crippen LogP contribution in [0.15, 0.2) is 30.3 Å². The molecule has 2 N–H and O–H groups in total. The molecule has 2 atom stereocenters. The lowest BCUT2D eigenvalue weighted by Gasteiger charge is -2.24. The summed E-state index contributed by atoms with van der Waals surface area (Å²) < 4.78 is 0. The van der Waals surface area contributed by atoms with E-state index >= 15 is 0 Å². The maximum atomic E-state index is 12.2. The van der Waals surface area contributed by atoms with Crippen molar-refractivity contribution in [3.8, 4) is 0 Å². The third-order valence-electron chi connectivity index (χ3n) is 3.08. The van der Waals surface area contributed by atoms with Crippen LogP contribution in [0, 0.1) is 5.92 Å². The molecule has 0 aliphatic heterocycles. The Morgan fingerprint density at radius 2 is 1.89 bits per heavy atom. The van der Waals surface area contributed by atoms with Crippen LogP contribution in [0.1, 0.15) is 25.3 Å². The quantitative estimate of drug-likeness (QED) is 0.829. The molecular weight excluding hydrogens is 244 g/mol. The minimum absolute atomic E-state index is 0.0388. The normalized spacial score (nSPS) is 13.7. The highest BCUT2D eigenvalue weighted by Crippen LogP contribution is 2.17. The number of hydrogen-bond donors (Lipinski definition) is 1. The van der Waals surface area contributed by atoms with E-state index < -0.39 is 0 Å². The van der Waals surface area contributed by atoms with Gasteiger partial charge in [-0.25, -0.2) is 0 Å². The van der Waals surface area contributed by atoms with Gasteiger partial charge in [0.25, 0.3) is 0 Å². The number of thiocarbonyl (C=S) groups is 1. The van der Waals surface area contributed by atoms with Crippen LogP contribution >= 0.6 is 12.2 Å². The summed E-state index contributed by atoms with van der Waals surface area (Å²) in [5, 5.41) is 0. The first kappa shape index (κ1) is 14.6. The van der Waals surface area contributed by atoms with Crippen LogP contribution < -0.4 is 5.73 Å². The van der Waals surface area contributed by atoms with E-state index in [1.54, 1.807) is 11.9 Å². The van der Waals surface area contributed by atoms with Crippen molar-refractivity contribution in [3.63, 3.8) is 0 Å². The zero-order valence-corrected chi connectivity index (χ0v) is 11.9. The van der Waals surface area contributed by atoms with Crippen molar-refractivity contribution in [2.45, 2.75) is 19.8 Å². The standard InChI is InChI=1S/C14H20N2OS/c1-10(13(15)18)9-16(3)14(17)11(2)12-7-5-4-6-8-12/h4-8,10-11H,9H2,1-3H3,(H2,15,18). The first-order valence-corrected chi connectivity index (χ1v) is 6.43. The van der Waals surface area contributed by atoms with Crippen LogP contribution in [0.2, 0.25) is 0 Å². The van der Waals surface area contributed by atoms with Gasteiger partial charge in [0.1, 0.15) is 0 Å². The van der Waals surface area contributed by atoms with Gasteiger partial charge in [-0.05, 0) is 12.5 Å². The summed E-state index contributed by atoms with van der Waals surface area (Å²) in [5.41, 5.74) is 6.59. The van der Waals surface area contributed by atoms with Crippen LogP contribution in [-0.2, 0) is 4.79 Å². The molecule has 1 amide bonds. The maximum absolute atomic E-state index is 12.2. The predicted molar refractivity (Wildman–Crippen MR) is 78.4 cm³/mol. The zero-order valence-electron chi connectivity index (χ0n) is 11.1. The van der Waals surface area contributed by atoms with Gasteiger partial charge < -0.3 is 10.6 Å². The molecule has 1 aromatic rings. The number of amides is 1.